The zero-order valence-corrected chi connectivity index (χ0v) is 13.7. The first kappa shape index (κ1) is 17.0. The Morgan fingerprint density at radius 3 is 2.18 bits per heavy atom. The van der Waals surface area contributed by atoms with E-state index in [-0.39, 0.29) is 0 Å². The van der Waals surface area contributed by atoms with Crippen molar-refractivity contribution in [2.45, 2.75) is 17.9 Å². The summed E-state index contributed by atoms with van der Waals surface area (Å²) < 4.78 is 67.0. The van der Waals surface area contributed by atoms with E-state index in [1.54, 1.807) is 31.2 Å². The number of halogens is 4. The van der Waals surface area contributed by atoms with Gasteiger partial charge in [0.15, 0.2) is 17.5 Å². The van der Waals surface area contributed by atoms with Gasteiger partial charge >= 0.3 is 0 Å². The van der Waals surface area contributed by atoms with E-state index in [1.807, 2.05) is 0 Å². The van der Waals surface area contributed by atoms with Crippen molar-refractivity contribution in [3.05, 3.63) is 63.9 Å². The Balaban J connectivity index is 2.32. The van der Waals surface area contributed by atoms with E-state index >= 15 is 0 Å². The Hall–Kier alpha value is -1.38. The molecule has 2 aromatic carbocycles. The first-order chi connectivity index (χ1) is 10.2. The quantitative estimate of drug-likeness (QED) is 0.800. The topological polar surface area (TPSA) is 46.2 Å². The lowest BCUT2D eigenvalue weighted by atomic mass is 10.1. The van der Waals surface area contributed by atoms with Gasteiger partial charge in [0.25, 0.3) is 0 Å². The summed E-state index contributed by atoms with van der Waals surface area (Å²) in [6.45, 7) is 1.55. The van der Waals surface area contributed by atoms with Gasteiger partial charge < -0.3 is 0 Å². The number of rotatable bonds is 4. The average Bonchev–Trinajstić information content (AvgIpc) is 2.44. The van der Waals surface area contributed by atoms with Crippen LogP contribution in [0.4, 0.5) is 13.2 Å². The van der Waals surface area contributed by atoms with Gasteiger partial charge in [0.2, 0.25) is 10.0 Å². The van der Waals surface area contributed by atoms with E-state index in [0.29, 0.717) is 17.7 Å². The maximum Gasteiger partial charge on any atom is 0.244 e. The smallest absolute Gasteiger partial charge is 0.207 e. The SMILES string of the molecule is C[C@H](NS(=O)(=O)c1ccc(F)c(F)c1F)c1ccc(Br)cc1. The highest BCUT2D eigenvalue weighted by atomic mass is 79.9. The molecule has 0 aliphatic heterocycles. The van der Waals surface area contributed by atoms with Gasteiger partial charge in [-0.25, -0.2) is 26.3 Å². The van der Waals surface area contributed by atoms with Crippen LogP contribution in [-0.2, 0) is 10.0 Å². The Bertz CT molecular complexity index is 794. The van der Waals surface area contributed by atoms with Gasteiger partial charge in [-0.05, 0) is 36.8 Å². The molecule has 0 spiro atoms. The first-order valence-electron chi connectivity index (χ1n) is 6.13. The predicted molar refractivity (Wildman–Crippen MR) is 79.2 cm³/mol. The third-order valence-electron chi connectivity index (χ3n) is 2.99. The molecule has 0 saturated carbocycles. The molecule has 3 nitrogen and oxygen atoms in total. The van der Waals surface area contributed by atoms with E-state index in [0.717, 1.165) is 4.47 Å². The first-order valence-corrected chi connectivity index (χ1v) is 8.41. The normalized spacial score (nSPS) is 13.1. The molecular formula is C14H11BrF3NO2S. The predicted octanol–water partition coefficient (Wildman–Crippen LogP) is 3.91. The zero-order valence-electron chi connectivity index (χ0n) is 11.3. The average molecular weight is 394 g/mol. The highest BCUT2D eigenvalue weighted by molar-refractivity contribution is 9.10. The summed E-state index contributed by atoms with van der Waals surface area (Å²) in [6.07, 6.45) is 0. The number of hydrogen-bond acceptors (Lipinski definition) is 2. The van der Waals surface area contributed by atoms with Crippen LogP contribution < -0.4 is 4.72 Å². The van der Waals surface area contributed by atoms with E-state index in [1.165, 1.54) is 0 Å². The third kappa shape index (κ3) is 3.50. The molecule has 118 valence electrons. The molecule has 0 saturated heterocycles. The second-order valence-electron chi connectivity index (χ2n) is 4.57. The van der Waals surface area contributed by atoms with Gasteiger partial charge in [0.05, 0.1) is 0 Å². The summed E-state index contributed by atoms with van der Waals surface area (Å²) in [5.74, 6) is -5.01. The molecule has 0 bridgehead atoms. The van der Waals surface area contributed by atoms with Gasteiger partial charge in [-0.1, -0.05) is 28.1 Å². The standard InChI is InChI=1S/C14H11BrF3NO2S/c1-8(9-2-4-10(15)5-3-9)19-22(20,21)12-7-6-11(16)13(17)14(12)18/h2-8,19H,1H3/t8-/m0/s1. The lowest BCUT2D eigenvalue weighted by molar-refractivity contribution is 0.431. The number of hydrogen-bond donors (Lipinski definition) is 1. The third-order valence-corrected chi connectivity index (χ3v) is 5.08. The van der Waals surface area contributed by atoms with Gasteiger partial charge in [-0.15, -0.1) is 0 Å². The Morgan fingerprint density at radius 1 is 1.00 bits per heavy atom. The minimum Gasteiger partial charge on any atom is -0.207 e. The molecule has 8 heteroatoms. The van der Waals surface area contributed by atoms with Crippen LogP contribution in [0.25, 0.3) is 0 Å². The van der Waals surface area contributed by atoms with Crippen LogP contribution in [0.15, 0.2) is 45.8 Å². The molecule has 0 aliphatic carbocycles. The van der Waals surface area contributed by atoms with Crippen molar-refractivity contribution in [3.63, 3.8) is 0 Å². The van der Waals surface area contributed by atoms with Crippen molar-refractivity contribution in [2.75, 3.05) is 0 Å². The Kier molecular flexibility index (Phi) is 4.93. The van der Waals surface area contributed by atoms with Crippen molar-refractivity contribution in [3.8, 4) is 0 Å². The van der Waals surface area contributed by atoms with E-state index < -0.39 is 38.4 Å². The lowest BCUT2D eigenvalue weighted by Gasteiger charge is -2.15. The van der Waals surface area contributed by atoms with E-state index in [2.05, 4.69) is 20.7 Å². The summed E-state index contributed by atoms with van der Waals surface area (Å²) in [5.41, 5.74) is 0.634. The zero-order chi connectivity index (χ0) is 16.5. The van der Waals surface area contributed by atoms with Crippen molar-refractivity contribution in [1.29, 1.82) is 0 Å². The van der Waals surface area contributed by atoms with E-state index in [4.69, 9.17) is 0 Å². The Labute approximate surface area is 134 Å². The largest absolute Gasteiger partial charge is 0.244 e. The summed E-state index contributed by atoms with van der Waals surface area (Å²) in [5, 5.41) is 0. The molecule has 0 fully saturated rings. The molecule has 0 aromatic heterocycles. The molecule has 0 radical (unpaired) electrons. The summed E-state index contributed by atoms with van der Waals surface area (Å²) in [6, 6.07) is 7.38. The second-order valence-corrected chi connectivity index (χ2v) is 7.17. The monoisotopic (exact) mass is 393 g/mol. The van der Waals surface area contributed by atoms with Crippen molar-refractivity contribution in [2.24, 2.45) is 0 Å². The lowest BCUT2D eigenvalue weighted by Crippen LogP contribution is -2.28. The highest BCUT2D eigenvalue weighted by Gasteiger charge is 2.25. The van der Waals surface area contributed by atoms with Crippen LogP contribution in [0.1, 0.15) is 18.5 Å². The van der Waals surface area contributed by atoms with Gasteiger partial charge in [0.1, 0.15) is 4.90 Å². The highest BCUT2D eigenvalue weighted by Crippen LogP contribution is 2.23. The van der Waals surface area contributed by atoms with Crippen LogP contribution in [0.2, 0.25) is 0 Å². The van der Waals surface area contributed by atoms with Crippen LogP contribution in [0.5, 0.6) is 0 Å². The number of benzene rings is 2. The molecule has 0 heterocycles. The molecule has 0 aliphatic rings. The van der Waals surface area contributed by atoms with Crippen LogP contribution in [0.3, 0.4) is 0 Å². The van der Waals surface area contributed by atoms with Gasteiger partial charge in [0, 0.05) is 10.5 Å². The minimum atomic E-state index is -4.33. The van der Waals surface area contributed by atoms with Crippen LogP contribution >= 0.6 is 15.9 Å². The summed E-state index contributed by atoms with van der Waals surface area (Å²) in [7, 11) is -4.33. The number of nitrogens with one attached hydrogen (secondary N) is 1. The molecule has 2 aromatic rings. The van der Waals surface area contributed by atoms with Crippen LogP contribution in [0, 0.1) is 17.5 Å². The fraction of sp³-hybridized carbons (Fsp3) is 0.143. The summed E-state index contributed by atoms with van der Waals surface area (Å²) >= 11 is 3.25. The second kappa shape index (κ2) is 6.39. The molecule has 1 atom stereocenters. The van der Waals surface area contributed by atoms with Crippen molar-refractivity contribution < 1.29 is 21.6 Å². The fourth-order valence-electron chi connectivity index (χ4n) is 1.83. The van der Waals surface area contributed by atoms with Gasteiger partial charge in [-0.2, -0.15) is 0 Å². The maximum absolute atomic E-state index is 13.6. The Morgan fingerprint density at radius 2 is 1.59 bits per heavy atom. The molecule has 0 unspecified atom stereocenters. The minimum absolute atomic E-state index is 0.567. The number of sulfonamides is 1. The molecular weight excluding hydrogens is 383 g/mol. The molecule has 1 N–H and O–H groups in total. The van der Waals surface area contributed by atoms with Crippen LogP contribution in [-0.4, -0.2) is 8.42 Å². The maximum atomic E-state index is 13.6. The summed E-state index contributed by atoms with van der Waals surface area (Å²) in [4.78, 5) is -0.935. The molecule has 0 amide bonds. The molecule has 2 rings (SSSR count). The van der Waals surface area contributed by atoms with Gasteiger partial charge in [-0.3, -0.25) is 0 Å². The molecule has 22 heavy (non-hydrogen) atoms. The fourth-order valence-corrected chi connectivity index (χ4v) is 3.40. The van der Waals surface area contributed by atoms with Crippen molar-refractivity contribution in [1.82, 2.24) is 4.72 Å². The van der Waals surface area contributed by atoms with E-state index in [9.17, 15) is 21.6 Å². The van der Waals surface area contributed by atoms with Crippen molar-refractivity contribution >= 4 is 26.0 Å².